The van der Waals surface area contributed by atoms with Gasteiger partial charge in [-0.2, -0.15) is 0 Å². The Hall–Kier alpha value is -1.49. The fourth-order valence-electron chi connectivity index (χ4n) is 1.98. The van der Waals surface area contributed by atoms with Crippen molar-refractivity contribution in [2.75, 3.05) is 44.9 Å². The number of nitrogens with two attached hydrogens (primary N) is 1. The third kappa shape index (κ3) is 4.89. The van der Waals surface area contributed by atoms with Gasteiger partial charge in [-0.3, -0.25) is 0 Å². The lowest BCUT2D eigenvalue weighted by Crippen LogP contribution is -2.24. The highest BCUT2D eigenvalue weighted by Crippen LogP contribution is 2.31. The first-order valence-corrected chi connectivity index (χ1v) is 6.92. The Morgan fingerprint density at radius 2 is 1.85 bits per heavy atom. The minimum absolute atomic E-state index is 0.0694. The van der Waals surface area contributed by atoms with Crippen molar-refractivity contribution in [3.05, 3.63) is 17.9 Å². The maximum Gasteiger partial charge on any atom is 0.167 e. The van der Waals surface area contributed by atoms with E-state index in [2.05, 4.69) is 4.90 Å². The molecule has 2 N–H and O–H groups in total. The third-order valence-electron chi connectivity index (χ3n) is 2.95. The molecule has 114 valence electrons. The Labute approximate surface area is 121 Å². The molecule has 1 aromatic carbocycles. The van der Waals surface area contributed by atoms with Crippen molar-refractivity contribution in [3.8, 4) is 5.75 Å². The second kappa shape index (κ2) is 7.33. The molecule has 5 heteroatoms. The van der Waals surface area contributed by atoms with Crippen LogP contribution in [0.5, 0.6) is 5.75 Å². The van der Waals surface area contributed by atoms with E-state index in [1.807, 2.05) is 39.9 Å². The zero-order chi connectivity index (χ0) is 15.3. The average molecular weight is 283 g/mol. The fourth-order valence-corrected chi connectivity index (χ4v) is 1.98. The predicted molar refractivity (Wildman–Crippen MR) is 83.0 cm³/mol. The van der Waals surface area contributed by atoms with Gasteiger partial charge in [0.1, 0.15) is 0 Å². The highest BCUT2D eigenvalue weighted by atomic mass is 19.1. The van der Waals surface area contributed by atoms with Crippen LogP contribution in [0.15, 0.2) is 12.1 Å². The van der Waals surface area contributed by atoms with Crippen LogP contribution >= 0.6 is 0 Å². The summed E-state index contributed by atoms with van der Waals surface area (Å²) in [6.45, 7) is 5.60. The first-order chi connectivity index (χ1) is 9.31. The topological polar surface area (TPSA) is 41.7 Å². The standard InChI is InChI=1S/C15H26FN3O/c1-11(2)20-15-10-14(13(17)9-12(15)16)19(5)8-6-7-18(3)4/h9-11H,6-8,17H2,1-5H3. The smallest absolute Gasteiger partial charge is 0.167 e. The zero-order valence-corrected chi connectivity index (χ0v) is 13.1. The van der Waals surface area contributed by atoms with E-state index in [0.29, 0.717) is 5.69 Å². The molecule has 0 unspecified atom stereocenters. The monoisotopic (exact) mass is 283 g/mol. The van der Waals surface area contributed by atoms with E-state index in [1.54, 1.807) is 6.07 Å². The first kappa shape index (κ1) is 16.6. The van der Waals surface area contributed by atoms with Crippen molar-refractivity contribution < 1.29 is 9.13 Å². The van der Waals surface area contributed by atoms with Crippen molar-refractivity contribution in [3.63, 3.8) is 0 Å². The van der Waals surface area contributed by atoms with Crippen molar-refractivity contribution in [2.45, 2.75) is 26.4 Å². The molecule has 0 aromatic heterocycles. The highest BCUT2D eigenvalue weighted by Gasteiger charge is 2.13. The molecule has 0 fully saturated rings. The summed E-state index contributed by atoms with van der Waals surface area (Å²) in [5, 5.41) is 0. The molecule has 0 aliphatic carbocycles. The fraction of sp³-hybridized carbons (Fsp3) is 0.600. The van der Waals surface area contributed by atoms with Crippen LogP contribution < -0.4 is 15.4 Å². The quantitative estimate of drug-likeness (QED) is 0.781. The maximum atomic E-state index is 13.8. The number of hydrogen-bond acceptors (Lipinski definition) is 4. The van der Waals surface area contributed by atoms with Crippen molar-refractivity contribution in [2.24, 2.45) is 0 Å². The molecule has 0 heterocycles. The highest BCUT2D eigenvalue weighted by molar-refractivity contribution is 5.69. The molecule has 0 aliphatic heterocycles. The summed E-state index contributed by atoms with van der Waals surface area (Å²) in [4.78, 5) is 4.17. The third-order valence-corrected chi connectivity index (χ3v) is 2.95. The SMILES string of the molecule is CC(C)Oc1cc(N(C)CCCN(C)C)c(N)cc1F. The summed E-state index contributed by atoms with van der Waals surface area (Å²) in [6, 6.07) is 3.01. The number of ether oxygens (including phenoxy) is 1. The number of anilines is 2. The minimum atomic E-state index is -0.415. The van der Waals surface area contributed by atoms with Gasteiger partial charge in [0.25, 0.3) is 0 Å². The number of benzene rings is 1. The second-order valence-electron chi connectivity index (χ2n) is 5.59. The normalized spacial score (nSPS) is 11.2. The molecule has 0 bridgehead atoms. The van der Waals surface area contributed by atoms with Gasteiger partial charge >= 0.3 is 0 Å². The van der Waals surface area contributed by atoms with Gasteiger partial charge in [-0.15, -0.1) is 0 Å². The van der Waals surface area contributed by atoms with Gasteiger partial charge in [-0.1, -0.05) is 0 Å². The average Bonchev–Trinajstić information content (AvgIpc) is 2.31. The Bertz CT molecular complexity index is 435. The molecule has 1 rings (SSSR count). The van der Waals surface area contributed by atoms with Gasteiger partial charge in [0.15, 0.2) is 11.6 Å². The number of hydrogen-bond donors (Lipinski definition) is 1. The van der Waals surface area contributed by atoms with Crippen LogP contribution in [0.1, 0.15) is 20.3 Å². The van der Waals surface area contributed by atoms with E-state index in [0.717, 1.165) is 25.2 Å². The molecule has 4 nitrogen and oxygen atoms in total. The van der Waals surface area contributed by atoms with Crippen LogP contribution in [0, 0.1) is 5.82 Å². The summed E-state index contributed by atoms with van der Waals surface area (Å²) >= 11 is 0. The molecule has 0 aliphatic rings. The van der Waals surface area contributed by atoms with Gasteiger partial charge in [0.2, 0.25) is 0 Å². The van der Waals surface area contributed by atoms with E-state index in [-0.39, 0.29) is 11.9 Å². The lowest BCUT2D eigenvalue weighted by molar-refractivity contribution is 0.231. The van der Waals surface area contributed by atoms with Crippen LogP contribution in [0.4, 0.5) is 15.8 Å². The van der Waals surface area contributed by atoms with Crippen molar-refractivity contribution in [1.82, 2.24) is 4.90 Å². The number of halogens is 1. The summed E-state index contributed by atoms with van der Waals surface area (Å²) < 4.78 is 19.2. The summed E-state index contributed by atoms with van der Waals surface area (Å²) in [5.41, 5.74) is 7.15. The molecule has 0 radical (unpaired) electrons. The van der Waals surface area contributed by atoms with E-state index in [9.17, 15) is 4.39 Å². The Balaban J connectivity index is 2.82. The Morgan fingerprint density at radius 1 is 1.20 bits per heavy atom. The van der Waals surface area contributed by atoms with Crippen LogP contribution in [0.25, 0.3) is 0 Å². The molecule has 0 spiro atoms. The zero-order valence-electron chi connectivity index (χ0n) is 13.1. The van der Waals surface area contributed by atoms with E-state index < -0.39 is 5.82 Å². The van der Waals surface area contributed by atoms with Crippen molar-refractivity contribution in [1.29, 1.82) is 0 Å². The van der Waals surface area contributed by atoms with Gasteiger partial charge < -0.3 is 20.3 Å². The summed E-state index contributed by atoms with van der Waals surface area (Å²) in [6.07, 6.45) is 0.945. The van der Waals surface area contributed by atoms with Gasteiger partial charge in [0, 0.05) is 25.7 Å². The van der Waals surface area contributed by atoms with E-state index >= 15 is 0 Å². The number of nitrogen functional groups attached to an aromatic ring is 1. The second-order valence-corrected chi connectivity index (χ2v) is 5.59. The first-order valence-electron chi connectivity index (χ1n) is 6.92. The lowest BCUT2D eigenvalue weighted by Gasteiger charge is -2.23. The molecular formula is C15H26FN3O. The van der Waals surface area contributed by atoms with Gasteiger partial charge in [-0.25, -0.2) is 4.39 Å². The van der Waals surface area contributed by atoms with Crippen LogP contribution in [-0.4, -0.2) is 45.2 Å². The molecule has 0 saturated heterocycles. The van der Waals surface area contributed by atoms with Crippen LogP contribution in [-0.2, 0) is 0 Å². The van der Waals surface area contributed by atoms with Crippen LogP contribution in [0.3, 0.4) is 0 Å². The lowest BCUT2D eigenvalue weighted by atomic mass is 10.2. The minimum Gasteiger partial charge on any atom is -0.488 e. The molecular weight excluding hydrogens is 257 g/mol. The molecule has 1 aromatic rings. The molecule has 0 saturated carbocycles. The Morgan fingerprint density at radius 3 is 2.40 bits per heavy atom. The van der Waals surface area contributed by atoms with Crippen molar-refractivity contribution >= 4 is 11.4 Å². The largest absolute Gasteiger partial charge is 0.488 e. The maximum absolute atomic E-state index is 13.8. The van der Waals surface area contributed by atoms with Gasteiger partial charge in [0.05, 0.1) is 17.5 Å². The number of nitrogens with zero attached hydrogens (tertiary/aromatic N) is 2. The Kier molecular flexibility index (Phi) is 6.07. The predicted octanol–water partition coefficient (Wildman–Crippen LogP) is 2.58. The molecule has 0 amide bonds. The molecule has 20 heavy (non-hydrogen) atoms. The summed E-state index contributed by atoms with van der Waals surface area (Å²) in [7, 11) is 6.04. The van der Waals surface area contributed by atoms with E-state index in [1.165, 1.54) is 6.07 Å². The van der Waals surface area contributed by atoms with E-state index in [4.69, 9.17) is 10.5 Å². The summed E-state index contributed by atoms with van der Waals surface area (Å²) in [5.74, 6) is -0.162. The number of rotatable bonds is 7. The van der Waals surface area contributed by atoms with Crippen LogP contribution in [0.2, 0.25) is 0 Å². The van der Waals surface area contributed by atoms with Gasteiger partial charge in [-0.05, 0) is 40.9 Å². The molecule has 0 atom stereocenters.